The van der Waals surface area contributed by atoms with Crippen LogP contribution in [0.25, 0.3) is 0 Å². The van der Waals surface area contributed by atoms with Crippen molar-refractivity contribution in [3.05, 3.63) is 121 Å². The molecule has 0 heterocycles. The van der Waals surface area contributed by atoms with E-state index in [1.165, 1.54) is 327 Å². The second-order valence-corrected chi connectivity index (χ2v) is 34.1. The van der Waals surface area contributed by atoms with Crippen molar-refractivity contribution in [3.8, 4) is 23.0 Å². The summed E-state index contributed by atoms with van der Waals surface area (Å²) >= 11 is 0. The van der Waals surface area contributed by atoms with E-state index in [2.05, 4.69) is 13.8 Å². The van der Waals surface area contributed by atoms with Gasteiger partial charge in [0.25, 0.3) is 0 Å². The molecule has 109 heavy (non-hydrogen) atoms. The van der Waals surface area contributed by atoms with E-state index in [1.807, 2.05) is 72.8 Å². The number of phosphoric ester groups is 2. The molecule has 2 atom stereocenters. The molecule has 0 aliphatic rings. The van der Waals surface area contributed by atoms with Crippen molar-refractivity contribution >= 4 is 15.6 Å². The topological polar surface area (TPSA) is 136 Å². The van der Waals surface area contributed by atoms with E-state index in [9.17, 15) is 9.13 Å². The normalized spacial score (nSPS) is 12.4. The Balaban J connectivity index is 0.922. The molecular weight excluding hydrogens is 1400 g/mol. The van der Waals surface area contributed by atoms with Crippen LogP contribution in [0.1, 0.15) is 386 Å². The third-order valence-electron chi connectivity index (χ3n) is 20.8. The van der Waals surface area contributed by atoms with Gasteiger partial charge >= 0.3 is 15.6 Å². The maximum Gasteiger partial charge on any atom is 0.587 e. The summed E-state index contributed by atoms with van der Waals surface area (Å²) in [7, 11) is -8.12. The summed E-state index contributed by atoms with van der Waals surface area (Å²) < 4.78 is 82.6. The average molecular weight is 1560 g/mol. The van der Waals surface area contributed by atoms with Gasteiger partial charge in [-0.1, -0.05) is 433 Å². The maximum atomic E-state index is 14.1. The SMILES string of the molecule is CCCCCCCCCCCCCCCCOOC[C@@H](COP(=O)(Oc1ccccc1)Oc1ccccc1)OCCCCCCCCCCCCCCCCCCCCCCCCCCCCCCCCOC[C@@H](COP(=O)(Oc1ccccc1)Oc1ccccc1)OCCCCCCCCCCCCCCCC. The van der Waals surface area contributed by atoms with Crippen LogP contribution in [-0.4, -0.2) is 65.1 Å². The van der Waals surface area contributed by atoms with Crippen molar-refractivity contribution in [2.75, 3.05) is 52.9 Å². The van der Waals surface area contributed by atoms with Crippen LogP contribution in [0.2, 0.25) is 0 Å². The number of rotatable bonds is 84. The molecule has 0 N–H and O–H groups in total. The van der Waals surface area contributed by atoms with Crippen LogP contribution in [0.5, 0.6) is 23.0 Å². The Hall–Kier alpha value is -3.74. The van der Waals surface area contributed by atoms with Gasteiger partial charge in [0.05, 0.1) is 26.4 Å². The highest BCUT2D eigenvalue weighted by atomic mass is 31.2. The van der Waals surface area contributed by atoms with Gasteiger partial charge in [0.15, 0.2) is 0 Å². The Labute approximate surface area is 667 Å². The number of hydrogen-bond acceptors (Lipinski definition) is 13. The molecular formula is C94H160O13P2. The first-order valence-electron chi connectivity index (χ1n) is 45.4. The van der Waals surface area contributed by atoms with Crippen LogP contribution >= 0.6 is 15.6 Å². The Morgan fingerprint density at radius 2 is 0.422 bits per heavy atom. The number of unbranched alkanes of at least 4 members (excludes halogenated alkanes) is 55. The van der Waals surface area contributed by atoms with Crippen LogP contribution in [0.4, 0.5) is 0 Å². The van der Waals surface area contributed by atoms with Gasteiger partial charge < -0.3 is 32.3 Å². The Morgan fingerprint density at radius 1 is 0.220 bits per heavy atom. The quantitative estimate of drug-likeness (QED) is 0.0180. The van der Waals surface area contributed by atoms with Gasteiger partial charge in [-0.05, 0) is 74.2 Å². The summed E-state index contributed by atoms with van der Waals surface area (Å²) in [6, 6.07) is 36.1. The second kappa shape index (κ2) is 73.2. The Morgan fingerprint density at radius 3 is 0.661 bits per heavy atom. The maximum absolute atomic E-state index is 14.1. The average Bonchev–Trinajstić information content (AvgIpc) is 0.851. The molecule has 0 fully saturated rings. The zero-order chi connectivity index (χ0) is 77.1. The monoisotopic (exact) mass is 1560 g/mol. The summed E-state index contributed by atoms with van der Waals surface area (Å²) in [5, 5.41) is 0. The number of phosphoric acid groups is 2. The summed E-state index contributed by atoms with van der Waals surface area (Å²) in [6.45, 7) is 7.46. The van der Waals surface area contributed by atoms with Gasteiger partial charge in [-0.3, -0.25) is 9.05 Å². The zero-order valence-corrected chi connectivity index (χ0v) is 71.4. The predicted octanol–water partition coefficient (Wildman–Crippen LogP) is 31.0. The Kier molecular flexibility index (Phi) is 65.5. The molecule has 0 unspecified atom stereocenters. The first-order valence-corrected chi connectivity index (χ1v) is 48.3. The summed E-state index contributed by atoms with van der Waals surface area (Å²) in [4.78, 5) is 11.3. The highest BCUT2D eigenvalue weighted by Gasteiger charge is 2.34. The molecule has 0 saturated carbocycles. The van der Waals surface area contributed by atoms with Crippen LogP contribution in [0.3, 0.4) is 0 Å². The number of benzene rings is 4. The minimum atomic E-state index is -4.08. The van der Waals surface area contributed by atoms with Crippen molar-refractivity contribution in [1.29, 1.82) is 0 Å². The molecule has 0 amide bonds. The van der Waals surface area contributed by atoms with E-state index < -0.39 is 21.7 Å². The van der Waals surface area contributed by atoms with E-state index in [0.717, 1.165) is 44.9 Å². The van der Waals surface area contributed by atoms with E-state index >= 15 is 0 Å². The fraction of sp³-hybridized carbons (Fsp3) is 0.745. The fourth-order valence-electron chi connectivity index (χ4n) is 14.0. The van der Waals surface area contributed by atoms with Gasteiger partial charge in [-0.25, -0.2) is 18.9 Å². The molecule has 4 rings (SSSR count). The standard InChI is InChI=1S/C94H160O13P2/c1-3-5-7-9-11-13-15-17-38-42-46-50-54-70-82-98-93(87-102-108(95,104-89-73-61-57-62-74-89)105-90-75-63-58-64-76-90)85-97-81-69-53-49-45-41-37-35-33-31-29-27-25-23-21-19-20-22-24-26-28-30-32-34-36-39-43-47-51-55-71-83-99-94(86-101-100-84-72-56-52-48-44-40-18-16-14-12-10-8-6-4-2)88-103-109(96,106-91-77-65-59-66-78-91)107-92-79-67-60-68-80-92/h57-68,73-80,93-94H,3-56,69-72,81-88H2,1-2H3/t93-,94-/m0/s1. The van der Waals surface area contributed by atoms with E-state index in [1.54, 1.807) is 48.5 Å². The van der Waals surface area contributed by atoms with Crippen LogP contribution in [0.15, 0.2) is 121 Å². The van der Waals surface area contributed by atoms with Crippen LogP contribution < -0.4 is 18.1 Å². The molecule has 0 saturated heterocycles. The lowest BCUT2D eigenvalue weighted by Crippen LogP contribution is -2.27. The van der Waals surface area contributed by atoms with E-state index in [4.69, 9.17) is 51.1 Å². The van der Waals surface area contributed by atoms with Crippen molar-refractivity contribution in [2.24, 2.45) is 0 Å². The minimum Gasteiger partial charge on any atom is -0.395 e. The fourth-order valence-corrected chi connectivity index (χ4v) is 16.5. The number of ether oxygens (including phenoxy) is 3. The highest BCUT2D eigenvalue weighted by molar-refractivity contribution is 7.49. The van der Waals surface area contributed by atoms with Gasteiger partial charge in [0, 0.05) is 19.8 Å². The first-order chi connectivity index (χ1) is 53.9. The van der Waals surface area contributed by atoms with Crippen molar-refractivity contribution in [1.82, 2.24) is 0 Å². The van der Waals surface area contributed by atoms with Crippen molar-refractivity contribution in [3.63, 3.8) is 0 Å². The molecule has 0 aromatic heterocycles. The molecule has 0 radical (unpaired) electrons. The highest BCUT2D eigenvalue weighted by Crippen LogP contribution is 2.51. The molecule has 4 aromatic carbocycles. The lowest BCUT2D eigenvalue weighted by molar-refractivity contribution is -0.308. The lowest BCUT2D eigenvalue weighted by Gasteiger charge is -2.23. The van der Waals surface area contributed by atoms with Crippen molar-refractivity contribution < 1.29 is 60.3 Å². The summed E-state index contributed by atoms with van der Waals surface area (Å²) in [5.74, 6) is 1.62. The minimum absolute atomic E-state index is 0.0383. The molecule has 0 aliphatic carbocycles. The number of para-hydroxylation sites is 4. The molecule has 0 spiro atoms. The number of hydrogen-bond donors (Lipinski definition) is 0. The molecule has 624 valence electrons. The third-order valence-corrected chi connectivity index (χ3v) is 23.5. The smallest absolute Gasteiger partial charge is 0.395 e. The van der Waals surface area contributed by atoms with Crippen molar-refractivity contribution in [2.45, 2.75) is 398 Å². The summed E-state index contributed by atoms with van der Waals surface area (Å²) in [6.07, 6.45) is 75.5. The van der Waals surface area contributed by atoms with Gasteiger partial charge in [0.2, 0.25) is 0 Å². The van der Waals surface area contributed by atoms with E-state index in [0.29, 0.717) is 56.0 Å². The predicted molar refractivity (Wildman–Crippen MR) is 457 cm³/mol. The molecule has 4 aromatic rings. The third kappa shape index (κ3) is 60.5. The molecule has 15 heteroatoms. The molecule has 0 aliphatic heterocycles. The van der Waals surface area contributed by atoms with Crippen LogP contribution in [-0.2, 0) is 42.2 Å². The molecule has 0 bridgehead atoms. The van der Waals surface area contributed by atoms with Gasteiger partial charge in [0.1, 0.15) is 41.8 Å². The molecule has 13 nitrogen and oxygen atoms in total. The van der Waals surface area contributed by atoms with Gasteiger partial charge in [-0.2, -0.15) is 0 Å². The summed E-state index contributed by atoms with van der Waals surface area (Å²) in [5.41, 5.74) is 0. The Bertz CT molecular complexity index is 2510. The van der Waals surface area contributed by atoms with Crippen LogP contribution in [0, 0.1) is 0 Å². The second-order valence-electron chi connectivity index (χ2n) is 31.1. The zero-order valence-electron chi connectivity index (χ0n) is 69.6. The van der Waals surface area contributed by atoms with Gasteiger partial charge in [-0.15, -0.1) is 0 Å². The van der Waals surface area contributed by atoms with E-state index in [-0.39, 0.29) is 25.9 Å². The lowest BCUT2D eigenvalue weighted by atomic mass is 10.0. The first kappa shape index (κ1) is 97.6. The largest absolute Gasteiger partial charge is 0.587 e.